The van der Waals surface area contributed by atoms with Crippen LogP contribution in [0, 0.1) is 6.92 Å². The van der Waals surface area contributed by atoms with Crippen LogP contribution in [-0.4, -0.2) is 56.2 Å². The van der Waals surface area contributed by atoms with E-state index in [1.165, 1.54) is 63.0 Å². The summed E-state index contributed by atoms with van der Waals surface area (Å²) in [6.07, 6.45) is 5.16. The predicted octanol–water partition coefficient (Wildman–Crippen LogP) is 2.86. The molecule has 2 saturated heterocycles. The molecular formula is C19H31N3O. The van der Waals surface area contributed by atoms with E-state index in [1.807, 2.05) is 0 Å². The number of hydrogen-bond acceptors (Lipinski definition) is 4. The molecule has 2 heterocycles. The van der Waals surface area contributed by atoms with Gasteiger partial charge < -0.3 is 20.3 Å². The van der Waals surface area contributed by atoms with Gasteiger partial charge in [0.05, 0.1) is 12.8 Å². The molecule has 0 bridgehead atoms. The molecular weight excluding hydrogens is 286 g/mol. The van der Waals surface area contributed by atoms with E-state index in [9.17, 15) is 0 Å². The quantitative estimate of drug-likeness (QED) is 0.871. The van der Waals surface area contributed by atoms with Gasteiger partial charge in [-0.25, -0.2) is 0 Å². The zero-order valence-electron chi connectivity index (χ0n) is 14.8. The summed E-state index contributed by atoms with van der Waals surface area (Å²) in [5.41, 5.74) is 9.51. The van der Waals surface area contributed by atoms with E-state index < -0.39 is 0 Å². The van der Waals surface area contributed by atoms with Crippen molar-refractivity contribution in [2.75, 3.05) is 46.1 Å². The highest BCUT2D eigenvalue weighted by Crippen LogP contribution is 2.36. The summed E-state index contributed by atoms with van der Waals surface area (Å²) in [5, 5.41) is 0. The van der Waals surface area contributed by atoms with Crippen molar-refractivity contribution in [3.05, 3.63) is 23.3 Å². The van der Waals surface area contributed by atoms with E-state index in [-0.39, 0.29) is 0 Å². The van der Waals surface area contributed by atoms with E-state index in [2.05, 4.69) is 35.9 Å². The van der Waals surface area contributed by atoms with Crippen molar-refractivity contribution in [3.63, 3.8) is 0 Å². The molecule has 23 heavy (non-hydrogen) atoms. The fourth-order valence-electron chi connectivity index (χ4n) is 4.28. The second-order valence-electron chi connectivity index (χ2n) is 7.30. The summed E-state index contributed by atoms with van der Waals surface area (Å²) in [6, 6.07) is 5.03. The number of aryl methyl sites for hydroxylation is 1. The molecule has 128 valence electrons. The molecule has 0 aromatic heterocycles. The van der Waals surface area contributed by atoms with Crippen molar-refractivity contribution >= 4 is 5.69 Å². The van der Waals surface area contributed by atoms with Gasteiger partial charge in [-0.15, -0.1) is 0 Å². The zero-order chi connectivity index (χ0) is 16.4. The largest absolute Gasteiger partial charge is 0.495 e. The van der Waals surface area contributed by atoms with Crippen LogP contribution in [-0.2, 0) is 0 Å². The van der Waals surface area contributed by atoms with Crippen LogP contribution in [0.5, 0.6) is 5.75 Å². The Kier molecular flexibility index (Phi) is 5.12. The molecule has 2 N–H and O–H groups in total. The first-order valence-corrected chi connectivity index (χ1v) is 8.95. The number of hydrogen-bond donors (Lipinski definition) is 1. The van der Waals surface area contributed by atoms with Crippen molar-refractivity contribution in [1.82, 2.24) is 9.80 Å². The standard InChI is InChI=1S/C19H31N3O/c1-14-12-18(20)19(23-3)13-17(14)15-4-10-22(11-5-15)16-6-8-21(2)9-7-16/h12-13,15-16H,4-11,20H2,1-3H3. The molecule has 0 unspecified atom stereocenters. The molecule has 0 saturated carbocycles. The number of rotatable bonds is 3. The Bertz CT molecular complexity index is 530. The van der Waals surface area contributed by atoms with Gasteiger partial charge >= 0.3 is 0 Å². The molecule has 0 amide bonds. The van der Waals surface area contributed by atoms with Crippen LogP contribution in [0.1, 0.15) is 42.7 Å². The lowest BCUT2D eigenvalue weighted by Crippen LogP contribution is -2.46. The van der Waals surface area contributed by atoms with Crippen molar-refractivity contribution < 1.29 is 4.74 Å². The minimum absolute atomic E-state index is 0.645. The molecule has 0 radical (unpaired) electrons. The van der Waals surface area contributed by atoms with Crippen molar-refractivity contribution in [2.45, 2.75) is 44.6 Å². The van der Waals surface area contributed by atoms with Crippen molar-refractivity contribution in [1.29, 1.82) is 0 Å². The fourth-order valence-corrected chi connectivity index (χ4v) is 4.28. The number of ether oxygens (including phenoxy) is 1. The lowest BCUT2D eigenvalue weighted by atomic mass is 9.85. The maximum atomic E-state index is 6.02. The van der Waals surface area contributed by atoms with E-state index in [0.717, 1.165) is 17.5 Å². The highest BCUT2D eigenvalue weighted by atomic mass is 16.5. The fraction of sp³-hybridized carbons (Fsp3) is 0.684. The van der Waals surface area contributed by atoms with Gasteiger partial charge in [-0.05, 0) is 95.0 Å². The summed E-state index contributed by atoms with van der Waals surface area (Å²) < 4.78 is 5.42. The normalized spacial score (nSPS) is 22.4. The van der Waals surface area contributed by atoms with Crippen LogP contribution in [0.4, 0.5) is 5.69 Å². The Balaban J connectivity index is 1.63. The van der Waals surface area contributed by atoms with Crippen LogP contribution in [0.25, 0.3) is 0 Å². The Hall–Kier alpha value is -1.26. The molecule has 0 atom stereocenters. The van der Waals surface area contributed by atoms with Crippen LogP contribution in [0.15, 0.2) is 12.1 Å². The Labute approximate surface area is 140 Å². The molecule has 2 aliphatic rings. The smallest absolute Gasteiger partial charge is 0.142 e. The van der Waals surface area contributed by atoms with E-state index >= 15 is 0 Å². The van der Waals surface area contributed by atoms with Gasteiger partial charge in [-0.1, -0.05) is 0 Å². The second-order valence-corrected chi connectivity index (χ2v) is 7.30. The number of piperidine rings is 2. The first-order chi connectivity index (χ1) is 11.1. The number of nitrogens with zero attached hydrogens (tertiary/aromatic N) is 2. The third-order valence-corrected chi connectivity index (χ3v) is 5.79. The van der Waals surface area contributed by atoms with E-state index in [1.54, 1.807) is 7.11 Å². The van der Waals surface area contributed by atoms with Gasteiger partial charge in [-0.2, -0.15) is 0 Å². The Morgan fingerprint density at radius 1 is 1.04 bits per heavy atom. The van der Waals surface area contributed by atoms with Crippen molar-refractivity contribution in [2.24, 2.45) is 0 Å². The zero-order valence-corrected chi connectivity index (χ0v) is 14.8. The van der Waals surface area contributed by atoms with Gasteiger partial charge in [0.2, 0.25) is 0 Å². The third kappa shape index (κ3) is 3.64. The van der Waals surface area contributed by atoms with E-state index in [0.29, 0.717) is 5.92 Å². The van der Waals surface area contributed by atoms with Crippen LogP contribution >= 0.6 is 0 Å². The first kappa shape index (κ1) is 16.6. The summed E-state index contributed by atoms with van der Waals surface area (Å²) in [4.78, 5) is 5.18. The molecule has 2 aliphatic heterocycles. The van der Waals surface area contributed by atoms with Gasteiger partial charge in [0.1, 0.15) is 5.75 Å². The summed E-state index contributed by atoms with van der Waals surface area (Å²) in [6.45, 7) is 7.13. The SMILES string of the molecule is COc1cc(C2CCN(C3CCN(C)CC3)CC2)c(C)cc1N. The maximum absolute atomic E-state index is 6.02. The molecule has 1 aromatic rings. The van der Waals surface area contributed by atoms with Gasteiger partial charge in [0.15, 0.2) is 0 Å². The monoisotopic (exact) mass is 317 g/mol. The van der Waals surface area contributed by atoms with Crippen LogP contribution < -0.4 is 10.5 Å². The first-order valence-electron chi connectivity index (χ1n) is 8.95. The molecule has 4 heteroatoms. The lowest BCUT2D eigenvalue weighted by Gasteiger charge is -2.41. The number of nitrogens with two attached hydrogens (primary N) is 1. The minimum Gasteiger partial charge on any atom is -0.495 e. The van der Waals surface area contributed by atoms with Crippen LogP contribution in [0.2, 0.25) is 0 Å². The molecule has 0 aliphatic carbocycles. The molecule has 0 spiro atoms. The molecule has 3 rings (SSSR count). The number of anilines is 1. The summed E-state index contributed by atoms with van der Waals surface area (Å²) in [7, 11) is 3.94. The number of likely N-dealkylation sites (tertiary alicyclic amines) is 2. The predicted molar refractivity (Wildman–Crippen MR) is 96.2 cm³/mol. The van der Waals surface area contributed by atoms with Gasteiger partial charge in [-0.3, -0.25) is 0 Å². The van der Waals surface area contributed by atoms with E-state index in [4.69, 9.17) is 10.5 Å². The van der Waals surface area contributed by atoms with Gasteiger partial charge in [0, 0.05) is 6.04 Å². The second kappa shape index (κ2) is 7.10. The number of nitrogen functional groups attached to an aromatic ring is 1. The average Bonchev–Trinajstić information content (AvgIpc) is 2.56. The maximum Gasteiger partial charge on any atom is 0.142 e. The lowest BCUT2D eigenvalue weighted by molar-refractivity contribution is 0.0965. The number of methoxy groups -OCH3 is 1. The topological polar surface area (TPSA) is 41.7 Å². The Morgan fingerprint density at radius 3 is 2.30 bits per heavy atom. The molecule has 4 nitrogen and oxygen atoms in total. The molecule has 1 aromatic carbocycles. The highest BCUT2D eigenvalue weighted by Gasteiger charge is 2.28. The molecule has 2 fully saturated rings. The highest BCUT2D eigenvalue weighted by molar-refractivity contribution is 5.57. The minimum atomic E-state index is 0.645. The van der Waals surface area contributed by atoms with Crippen molar-refractivity contribution in [3.8, 4) is 5.75 Å². The Morgan fingerprint density at radius 2 is 1.70 bits per heavy atom. The average molecular weight is 317 g/mol. The summed E-state index contributed by atoms with van der Waals surface area (Å²) in [5.74, 6) is 1.47. The summed E-state index contributed by atoms with van der Waals surface area (Å²) >= 11 is 0. The third-order valence-electron chi connectivity index (χ3n) is 5.79. The van der Waals surface area contributed by atoms with Crippen LogP contribution in [0.3, 0.4) is 0 Å². The number of benzene rings is 1. The van der Waals surface area contributed by atoms with Gasteiger partial charge in [0.25, 0.3) is 0 Å².